The Kier molecular flexibility index (Phi) is 3.92. The van der Waals surface area contributed by atoms with Crippen molar-refractivity contribution in [1.29, 1.82) is 0 Å². The minimum absolute atomic E-state index is 0.286. The number of rotatable bonds is 4. The van der Waals surface area contributed by atoms with Crippen LogP contribution >= 0.6 is 15.9 Å². The number of ether oxygens (including phenoxy) is 2. The van der Waals surface area contributed by atoms with Gasteiger partial charge in [-0.05, 0) is 45.8 Å². The van der Waals surface area contributed by atoms with Gasteiger partial charge in [0.1, 0.15) is 0 Å². The summed E-state index contributed by atoms with van der Waals surface area (Å²) in [7, 11) is 4.08. The van der Waals surface area contributed by atoms with Crippen LogP contribution in [0.4, 0.5) is 11.4 Å². The van der Waals surface area contributed by atoms with Gasteiger partial charge in [0.25, 0.3) is 0 Å². The molecule has 1 aliphatic rings. The summed E-state index contributed by atoms with van der Waals surface area (Å²) >= 11 is 3.52. The van der Waals surface area contributed by atoms with Crippen molar-refractivity contribution in [2.75, 3.05) is 31.1 Å². The molecule has 1 heterocycles. The number of fused-ring (bicyclic) bond motifs is 1. The van der Waals surface area contributed by atoms with Gasteiger partial charge in [-0.1, -0.05) is 12.1 Å². The highest BCUT2D eigenvalue weighted by Crippen LogP contribution is 2.40. The summed E-state index contributed by atoms with van der Waals surface area (Å²) in [5.74, 6) is 1.58. The molecule has 21 heavy (non-hydrogen) atoms. The maximum absolute atomic E-state index is 5.45. The topological polar surface area (TPSA) is 33.7 Å². The largest absolute Gasteiger partial charge is 0.454 e. The van der Waals surface area contributed by atoms with E-state index in [4.69, 9.17) is 9.47 Å². The van der Waals surface area contributed by atoms with Gasteiger partial charge in [-0.25, -0.2) is 0 Å². The lowest BCUT2D eigenvalue weighted by Crippen LogP contribution is -2.12. The van der Waals surface area contributed by atoms with E-state index in [9.17, 15) is 0 Å². The molecule has 0 radical (unpaired) electrons. The van der Waals surface area contributed by atoms with Crippen LogP contribution in [0.15, 0.2) is 40.9 Å². The Balaban J connectivity index is 1.78. The van der Waals surface area contributed by atoms with Crippen molar-refractivity contribution in [1.82, 2.24) is 0 Å². The van der Waals surface area contributed by atoms with Crippen molar-refractivity contribution in [2.24, 2.45) is 0 Å². The second-order valence-electron chi connectivity index (χ2n) is 5.08. The predicted octanol–water partition coefficient (Wildman–Crippen LogP) is 3.86. The summed E-state index contributed by atoms with van der Waals surface area (Å²) in [5, 5.41) is 3.47. The van der Waals surface area contributed by atoms with Crippen LogP contribution in [0, 0.1) is 0 Å². The van der Waals surface area contributed by atoms with Crippen molar-refractivity contribution < 1.29 is 9.47 Å². The molecule has 4 nitrogen and oxygen atoms in total. The third-order valence-corrected chi connectivity index (χ3v) is 3.94. The molecule has 2 aromatic rings. The van der Waals surface area contributed by atoms with E-state index in [2.05, 4.69) is 44.3 Å². The minimum Gasteiger partial charge on any atom is -0.454 e. The number of benzene rings is 2. The van der Waals surface area contributed by atoms with Crippen LogP contribution in [0.1, 0.15) is 5.56 Å². The Morgan fingerprint density at radius 1 is 1.19 bits per heavy atom. The number of hydrogen-bond donors (Lipinski definition) is 1. The molecule has 0 aromatic heterocycles. The van der Waals surface area contributed by atoms with Gasteiger partial charge in [-0.15, -0.1) is 0 Å². The number of nitrogens with one attached hydrogen (secondary N) is 1. The van der Waals surface area contributed by atoms with Crippen molar-refractivity contribution in [3.8, 4) is 11.5 Å². The van der Waals surface area contributed by atoms with E-state index in [-0.39, 0.29) is 6.79 Å². The maximum Gasteiger partial charge on any atom is 0.231 e. The molecule has 1 N–H and O–H groups in total. The normalized spacial score (nSPS) is 12.3. The zero-order valence-corrected chi connectivity index (χ0v) is 13.6. The van der Waals surface area contributed by atoms with Crippen molar-refractivity contribution >= 4 is 27.3 Å². The van der Waals surface area contributed by atoms with Crippen LogP contribution in [-0.4, -0.2) is 20.9 Å². The van der Waals surface area contributed by atoms with Gasteiger partial charge < -0.3 is 19.7 Å². The first kappa shape index (κ1) is 14.1. The number of anilines is 2. The van der Waals surface area contributed by atoms with Crippen LogP contribution in [-0.2, 0) is 6.54 Å². The summed E-state index contributed by atoms with van der Waals surface area (Å²) in [5.41, 5.74) is 3.41. The molecular formula is C16H17BrN2O2. The van der Waals surface area contributed by atoms with E-state index >= 15 is 0 Å². The third-order valence-electron chi connectivity index (χ3n) is 3.36. The van der Waals surface area contributed by atoms with E-state index in [0.29, 0.717) is 0 Å². The van der Waals surface area contributed by atoms with Crippen LogP contribution < -0.4 is 19.7 Å². The van der Waals surface area contributed by atoms with Gasteiger partial charge in [0.05, 0.1) is 15.8 Å². The van der Waals surface area contributed by atoms with E-state index in [0.717, 1.165) is 39.5 Å². The van der Waals surface area contributed by atoms with E-state index in [1.807, 2.05) is 32.3 Å². The molecular weight excluding hydrogens is 332 g/mol. The molecule has 3 rings (SSSR count). The lowest BCUT2D eigenvalue weighted by atomic mass is 10.2. The van der Waals surface area contributed by atoms with Crippen molar-refractivity contribution in [2.45, 2.75) is 6.54 Å². The molecule has 0 unspecified atom stereocenters. The zero-order valence-electron chi connectivity index (χ0n) is 12.0. The average Bonchev–Trinajstić information content (AvgIpc) is 2.94. The Morgan fingerprint density at radius 3 is 2.81 bits per heavy atom. The van der Waals surface area contributed by atoms with Crippen molar-refractivity contribution in [3.63, 3.8) is 0 Å². The minimum atomic E-state index is 0.286. The fourth-order valence-electron chi connectivity index (χ4n) is 2.33. The highest BCUT2D eigenvalue weighted by molar-refractivity contribution is 9.10. The lowest BCUT2D eigenvalue weighted by molar-refractivity contribution is 0.173. The Hall–Kier alpha value is -1.88. The number of para-hydroxylation sites is 2. The Bertz CT molecular complexity index is 659. The zero-order chi connectivity index (χ0) is 14.8. The first-order valence-electron chi connectivity index (χ1n) is 6.73. The van der Waals surface area contributed by atoms with Gasteiger partial charge in [0.15, 0.2) is 11.5 Å². The molecule has 110 valence electrons. The van der Waals surface area contributed by atoms with E-state index in [1.54, 1.807) is 0 Å². The monoisotopic (exact) mass is 348 g/mol. The summed E-state index contributed by atoms with van der Waals surface area (Å²) in [6, 6.07) is 12.3. The smallest absolute Gasteiger partial charge is 0.231 e. The van der Waals surface area contributed by atoms with Crippen molar-refractivity contribution in [3.05, 3.63) is 46.4 Å². The highest BCUT2D eigenvalue weighted by atomic mass is 79.9. The van der Waals surface area contributed by atoms with Gasteiger partial charge in [-0.3, -0.25) is 0 Å². The number of nitrogens with zero attached hydrogens (tertiary/aromatic N) is 1. The van der Waals surface area contributed by atoms with Gasteiger partial charge in [0, 0.05) is 20.6 Å². The summed E-state index contributed by atoms with van der Waals surface area (Å²) < 4.78 is 11.8. The Morgan fingerprint density at radius 2 is 2.00 bits per heavy atom. The highest BCUT2D eigenvalue weighted by Gasteiger charge is 2.17. The predicted molar refractivity (Wildman–Crippen MR) is 88.4 cm³/mol. The molecule has 1 aliphatic heterocycles. The fraction of sp³-hybridized carbons (Fsp3) is 0.250. The SMILES string of the molecule is CN(C)c1ccccc1NCc1cc(Br)c2c(c1)OCO2. The Labute approximate surface area is 132 Å². The molecule has 0 amide bonds. The second kappa shape index (κ2) is 5.85. The molecule has 2 aromatic carbocycles. The van der Waals surface area contributed by atoms with Crippen LogP contribution in [0.5, 0.6) is 11.5 Å². The molecule has 0 spiro atoms. The molecule has 0 saturated heterocycles. The molecule has 0 atom stereocenters. The van der Waals surface area contributed by atoms with E-state index < -0.39 is 0 Å². The van der Waals surface area contributed by atoms with Gasteiger partial charge >= 0.3 is 0 Å². The number of hydrogen-bond acceptors (Lipinski definition) is 4. The quantitative estimate of drug-likeness (QED) is 0.909. The van der Waals surface area contributed by atoms with Gasteiger partial charge in [-0.2, -0.15) is 0 Å². The van der Waals surface area contributed by atoms with E-state index in [1.165, 1.54) is 0 Å². The van der Waals surface area contributed by atoms with Crippen LogP contribution in [0.3, 0.4) is 0 Å². The standard InChI is InChI=1S/C16H17BrN2O2/c1-19(2)14-6-4-3-5-13(14)18-9-11-7-12(17)16-15(8-11)20-10-21-16/h3-8,18H,9-10H2,1-2H3. The summed E-state index contributed by atoms with van der Waals surface area (Å²) in [4.78, 5) is 2.10. The maximum atomic E-state index is 5.45. The first-order valence-corrected chi connectivity index (χ1v) is 7.52. The third kappa shape index (κ3) is 2.93. The first-order chi connectivity index (χ1) is 10.1. The average molecular weight is 349 g/mol. The molecule has 0 bridgehead atoms. The molecule has 0 aliphatic carbocycles. The number of halogens is 1. The van der Waals surface area contributed by atoms with Crippen LogP contribution in [0.25, 0.3) is 0 Å². The fourth-order valence-corrected chi connectivity index (χ4v) is 2.94. The summed E-state index contributed by atoms with van der Waals surface area (Å²) in [6.07, 6.45) is 0. The molecule has 0 fully saturated rings. The van der Waals surface area contributed by atoms with Gasteiger partial charge in [0.2, 0.25) is 6.79 Å². The lowest BCUT2D eigenvalue weighted by Gasteiger charge is -2.18. The second-order valence-corrected chi connectivity index (χ2v) is 5.93. The van der Waals surface area contributed by atoms with Crippen LogP contribution in [0.2, 0.25) is 0 Å². The summed E-state index contributed by atoms with van der Waals surface area (Å²) in [6.45, 7) is 1.01. The molecule has 0 saturated carbocycles. The molecule has 5 heteroatoms.